The number of nitrogens with zero attached hydrogens (tertiary/aromatic N) is 1. The SMILES string of the molecule is C=C(CN(C)C)C(=O)c1ccc(OS(=O)(=O)Oc2ccc(C(=O)O)cc2)cc1. The number of carboxylic acids is 1. The Labute approximate surface area is 163 Å². The minimum Gasteiger partial charge on any atom is -0.478 e. The standard InChI is InChI=1S/C19H19NO7S/c1-13(12-20(2)3)18(21)14-4-8-16(9-5-14)26-28(24,25)27-17-10-6-15(7-11-17)19(22)23/h4-11H,1,12H2,2-3H3,(H,22,23). The van der Waals surface area contributed by atoms with Crippen LogP contribution in [-0.2, 0) is 10.4 Å². The van der Waals surface area contributed by atoms with Crippen molar-refractivity contribution in [3.8, 4) is 11.5 Å². The first kappa shape index (κ1) is 21.1. The first-order valence-electron chi connectivity index (χ1n) is 8.02. The maximum Gasteiger partial charge on any atom is 0.500 e. The van der Waals surface area contributed by atoms with E-state index in [0.29, 0.717) is 17.7 Å². The summed E-state index contributed by atoms with van der Waals surface area (Å²) in [7, 11) is -0.813. The van der Waals surface area contributed by atoms with Gasteiger partial charge in [0, 0.05) is 17.7 Å². The van der Waals surface area contributed by atoms with Gasteiger partial charge in [-0.3, -0.25) is 4.79 Å². The Bertz CT molecular complexity index is 978. The summed E-state index contributed by atoms with van der Waals surface area (Å²) in [6.07, 6.45) is 0. The Kier molecular flexibility index (Phi) is 6.55. The first-order valence-corrected chi connectivity index (χ1v) is 9.35. The lowest BCUT2D eigenvalue weighted by Crippen LogP contribution is -2.19. The Morgan fingerprint density at radius 3 is 1.75 bits per heavy atom. The number of benzene rings is 2. The van der Waals surface area contributed by atoms with Gasteiger partial charge in [-0.15, -0.1) is 8.42 Å². The summed E-state index contributed by atoms with van der Waals surface area (Å²) >= 11 is 0. The van der Waals surface area contributed by atoms with E-state index in [1.807, 2.05) is 19.0 Å². The minimum absolute atomic E-state index is 0.0122. The van der Waals surface area contributed by atoms with Crippen molar-refractivity contribution in [2.24, 2.45) is 0 Å². The third-order valence-electron chi connectivity index (χ3n) is 3.44. The van der Waals surface area contributed by atoms with Crippen LogP contribution in [-0.4, -0.2) is 50.8 Å². The van der Waals surface area contributed by atoms with Gasteiger partial charge in [0.25, 0.3) is 0 Å². The van der Waals surface area contributed by atoms with Crippen molar-refractivity contribution in [1.82, 2.24) is 4.90 Å². The molecule has 9 heteroatoms. The van der Waals surface area contributed by atoms with E-state index >= 15 is 0 Å². The molecule has 0 aromatic heterocycles. The van der Waals surface area contributed by atoms with E-state index in [0.717, 1.165) is 0 Å². The van der Waals surface area contributed by atoms with Gasteiger partial charge in [0.2, 0.25) is 0 Å². The Morgan fingerprint density at radius 1 is 0.929 bits per heavy atom. The monoisotopic (exact) mass is 405 g/mol. The summed E-state index contributed by atoms with van der Waals surface area (Å²) in [5.41, 5.74) is 0.739. The summed E-state index contributed by atoms with van der Waals surface area (Å²) in [6.45, 7) is 4.14. The van der Waals surface area contributed by atoms with Crippen molar-refractivity contribution in [2.75, 3.05) is 20.6 Å². The summed E-state index contributed by atoms with van der Waals surface area (Å²) in [6, 6.07) is 10.3. The van der Waals surface area contributed by atoms with Crippen molar-refractivity contribution in [3.63, 3.8) is 0 Å². The highest BCUT2D eigenvalue weighted by atomic mass is 32.3. The highest BCUT2D eigenvalue weighted by Crippen LogP contribution is 2.20. The van der Waals surface area contributed by atoms with E-state index in [9.17, 15) is 18.0 Å². The molecule has 0 fully saturated rings. The van der Waals surface area contributed by atoms with E-state index < -0.39 is 16.4 Å². The van der Waals surface area contributed by atoms with Gasteiger partial charge in [-0.2, -0.15) is 0 Å². The van der Waals surface area contributed by atoms with E-state index in [1.165, 1.54) is 48.5 Å². The number of carboxylic acid groups (broad SMARTS) is 1. The highest BCUT2D eigenvalue weighted by molar-refractivity contribution is 7.82. The van der Waals surface area contributed by atoms with Crippen LogP contribution >= 0.6 is 0 Å². The van der Waals surface area contributed by atoms with Gasteiger partial charge in [0.15, 0.2) is 5.78 Å². The van der Waals surface area contributed by atoms with Crippen LogP contribution < -0.4 is 8.37 Å². The van der Waals surface area contributed by atoms with Crippen molar-refractivity contribution in [3.05, 3.63) is 71.8 Å². The molecule has 0 aliphatic rings. The van der Waals surface area contributed by atoms with Crippen LogP contribution in [0.15, 0.2) is 60.7 Å². The molecule has 0 heterocycles. The normalized spacial score (nSPS) is 11.1. The third kappa shape index (κ3) is 5.93. The molecule has 0 radical (unpaired) electrons. The second-order valence-electron chi connectivity index (χ2n) is 6.10. The van der Waals surface area contributed by atoms with Gasteiger partial charge in [0.05, 0.1) is 5.56 Å². The van der Waals surface area contributed by atoms with Gasteiger partial charge in [-0.1, -0.05) is 6.58 Å². The minimum atomic E-state index is -4.44. The molecule has 148 valence electrons. The summed E-state index contributed by atoms with van der Waals surface area (Å²) in [5.74, 6) is -1.54. The molecular formula is C19H19NO7S. The van der Waals surface area contributed by atoms with E-state index in [2.05, 4.69) is 6.58 Å². The molecule has 0 saturated carbocycles. The Hall–Kier alpha value is -3.17. The molecule has 0 saturated heterocycles. The smallest absolute Gasteiger partial charge is 0.478 e. The molecular weight excluding hydrogens is 386 g/mol. The van der Waals surface area contributed by atoms with Crippen molar-refractivity contribution in [2.45, 2.75) is 0 Å². The predicted octanol–water partition coefficient (Wildman–Crippen LogP) is 2.39. The number of hydrogen-bond donors (Lipinski definition) is 1. The lowest BCUT2D eigenvalue weighted by Gasteiger charge is -2.12. The molecule has 0 amide bonds. The zero-order chi connectivity index (χ0) is 20.9. The van der Waals surface area contributed by atoms with E-state index in [1.54, 1.807) is 0 Å². The quantitative estimate of drug-likeness (QED) is 0.500. The lowest BCUT2D eigenvalue weighted by molar-refractivity contribution is 0.0696. The average molecular weight is 405 g/mol. The lowest BCUT2D eigenvalue weighted by atomic mass is 10.0. The van der Waals surface area contributed by atoms with E-state index in [4.69, 9.17) is 13.5 Å². The fraction of sp³-hybridized carbons (Fsp3) is 0.158. The van der Waals surface area contributed by atoms with Crippen LogP contribution in [0.3, 0.4) is 0 Å². The average Bonchev–Trinajstić information content (AvgIpc) is 2.61. The number of Topliss-reactive ketones (excluding diaryl/α,β-unsaturated/α-hetero) is 1. The van der Waals surface area contributed by atoms with Crippen LogP contribution in [0.1, 0.15) is 20.7 Å². The number of hydrogen-bond acceptors (Lipinski definition) is 7. The number of carbonyl (C=O) groups excluding carboxylic acids is 1. The molecule has 0 spiro atoms. The molecule has 2 aromatic rings. The zero-order valence-corrected chi connectivity index (χ0v) is 16.1. The van der Waals surface area contributed by atoms with Crippen LogP contribution in [0.4, 0.5) is 0 Å². The maximum atomic E-state index is 12.2. The van der Waals surface area contributed by atoms with Crippen molar-refractivity contribution >= 4 is 22.2 Å². The van der Waals surface area contributed by atoms with Crippen LogP contribution in [0.25, 0.3) is 0 Å². The molecule has 0 aliphatic carbocycles. The molecule has 0 unspecified atom stereocenters. The number of rotatable bonds is 9. The maximum absolute atomic E-state index is 12.2. The van der Waals surface area contributed by atoms with Crippen LogP contribution in [0.2, 0.25) is 0 Å². The molecule has 2 aromatic carbocycles. The summed E-state index contributed by atoms with van der Waals surface area (Å²) < 4.78 is 33.6. The van der Waals surface area contributed by atoms with Gasteiger partial charge in [0.1, 0.15) is 11.5 Å². The van der Waals surface area contributed by atoms with Gasteiger partial charge < -0.3 is 18.4 Å². The third-order valence-corrected chi connectivity index (χ3v) is 4.24. The van der Waals surface area contributed by atoms with Gasteiger partial charge >= 0.3 is 16.4 Å². The summed E-state index contributed by atoms with van der Waals surface area (Å²) in [5, 5.41) is 8.83. The number of ketones is 1. The Morgan fingerprint density at radius 2 is 1.36 bits per heavy atom. The molecule has 8 nitrogen and oxygen atoms in total. The molecule has 2 rings (SSSR count). The fourth-order valence-corrected chi connectivity index (χ4v) is 2.95. The second kappa shape index (κ2) is 8.68. The molecule has 0 bridgehead atoms. The molecule has 28 heavy (non-hydrogen) atoms. The molecule has 0 atom stereocenters. The van der Waals surface area contributed by atoms with Gasteiger partial charge in [-0.05, 0) is 62.6 Å². The number of carbonyl (C=O) groups is 2. The fourth-order valence-electron chi connectivity index (χ4n) is 2.23. The largest absolute Gasteiger partial charge is 0.500 e. The highest BCUT2D eigenvalue weighted by Gasteiger charge is 2.17. The molecule has 0 aliphatic heterocycles. The van der Waals surface area contributed by atoms with Crippen molar-refractivity contribution < 1.29 is 31.5 Å². The number of aromatic carboxylic acids is 1. The van der Waals surface area contributed by atoms with Crippen molar-refractivity contribution in [1.29, 1.82) is 0 Å². The van der Waals surface area contributed by atoms with Crippen LogP contribution in [0, 0.1) is 0 Å². The first-order chi connectivity index (χ1) is 13.1. The summed E-state index contributed by atoms with van der Waals surface area (Å²) in [4.78, 5) is 24.8. The topological polar surface area (TPSA) is 110 Å². The van der Waals surface area contributed by atoms with E-state index in [-0.39, 0.29) is 22.8 Å². The Balaban J connectivity index is 2.05. The van der Waals surface area contributed by atoms with Crippen LogP contribution in [0.5, 0.6) is 11.5 Å². The second-order valence-corrected chi connectivity index (χ2v) is 7.25. The van der Waals surface area contributed by atoms with Gasteiger partial charge in [-0.25, -0.2) is 4.79 Å². The molecule has 1 N–H and O–H groups in total. The predicted molar refractivity (Wildman–Crippen MR) is 102 cm³/mol. The zero-order valence-electron chi connectivity index (χ0n) is 15.3. The number of likely N-dealkylation sites (N-methyl/N-ethyl adjacent to an activating group) is 1.